The number of ether oxygens (including phenoxy) is 2. The predicted molar refractivity (Wildman–Crippen MR) is 121 cm³/mol. The summed E-state index contributed by atoms with van der Waals surface area (Å²) in [7, 11) is 0. The van der Waals surface area contributed by atoms with Crippen LogP contribution in [0.25, 0.3) is 0 Å². The Hall–Kier alpha value is -2.45. The molecule has 182 valence electrons. The number of esters is 1. The molecule has 0 unspecified atom stereocenters. The van der Waals surface area contributed by atoms with E-state index in [2.05, 4.69) is 31.3 Å². The molecule has 2 amide bonds. The molecule has 0 aromatic heterocycles. The Morgan fingerprint density at radius 1 is 1.06 bits per heavy atom. The van der Waals surface area contributed by atoms with Crippen molar-refractivity contribution in [3.63, 3.8) is 0 Å². The fourth-order valence-electron chi connectivity index (χ4n) is 4.63. The van der Waals surface area contributed by atoms with Gasteiger partial charge in [0.25, 0.3) is 0 Å². The quantitative estimate of drug-likeness (QED) is 0.171. The molecule has 0 aliphatic heterocycles. The molecule has 0 aromatic rings. The minimum Gasteiger partial charge on any atom is -0.479 e. The molecular formula is C23H39N3O6. The number of ketones is 2. The van der Waals surface area contributed by atoms with E-state index in [1.807, 2.05) is 0 Å². The summed E-state index contributed by atoms with van der Waals surface area (Å²) in [4.78, 5) is 49.3. The Bertz CT molecular complexity index is 721. The summed E-state index contributed by atoms with van der Waals surface area (Å²) >= 11 is 0. The molecule has 0 radical (unpaired) electrons. The van der Waals surface area contributed by atoms with E-state index in [0.717, 1.165) is 19.3 Å². The zero-order chi connectivity index (χ0) is 24.6. The summed E-state index contributed by atoms with van der Waals surface area (Å²) in [5.74, 6) is -3.51. The van der Waals surface area contributed by atoms with Gasteiger partial charge in [-0.05, 0) is 57.3 Å². The third-order valence-corrected chi connectivity index (χ3v) is 6.24. The fourth-order valence-corrected chi connectivity index (χ4v) is 4.63. The van der Waals surface area contributed by atoms with Crippen LogP contribution in [0.2, 0.25) is 0 Å². The number of nitrogens with zero attached hydrogens (tertiary/aromatic N) is 1. The lowest BCUT2D eigenvalue weighted by Crippen LogP contribution is -2.44. The minimum absolute atomic E-state index is 0.100. The number of nitrogens with two attached hydrogens (primary N) is 1. The van der Waals surface area contributed by atoms with Gasteiger partial charge in [0.2, 0.25) is 5.90 Å². The van der Waals surface area contributed by atoms with Crippen LogP contribution in [0.15, 0.2) is 5.10 Å². The van der Waals surface area contributed by atoms with Gasteiger partial charge in [-0.2, -0.15) is 0 Å². The predicted octanol–water partition coefficient (Wildman–Crippen LogP) is 3.06. The Morgan fingerprint density at radius 3 is 2.12 bits per heavy atom. The van der Waals surface area contributed by atoms with Crippen molar-refractivity contribution in [1.29, 1.82) is 0 Å². The van der Waals surface area contributed by atoms with Crippen LogP contribution in [0.1, 0.15) is 67.7 Å². The topological polar surface area (TPSA) is 137 Å². The first-order valence-corrected chi connectivity index (χ1v) is 11.4. The van der Waals surface area contributed by atoms with E-state index < -0.39 is 35.5 Å². The highest BCUT2D eigenvalue weighted by molar-refractivity contribution is 6.04. The van der Waals surface area contributed by atoms with Gasteiger partial charge in [-0.25, -0.2) is 10.2 Å². The van der Waals surface area contributed by atoms with Gasteiger partial charge in [0.15, 0.2) is 0 Å². The third kappa shape index (κ3) is 7.60. The molecule has 1 rings (SSSR count). The van der Waals surface area contributed by atoms with Crippen LogP contribution in [0, 0.1) is 35.5 Å². The first-order chi connectivity index (χ1) is 14.9. The SMILES string of the molecule is CCO/C(=N/NC(N)=O)[C@H](C(C)=O)[C@H](C)[C@H](C(C)=O)C(=O)O[C@@H]1C[C@H](C)CC[C@@H]1C(C)C. The zero-order valence-electron chi connectivity index (χ0n) is 20.3. The summed E-state index contributed by atoms with van der Waals surface area (Å²) in [5, 5.41) is 3.80. The van der Waals surface area contributed by atoms with Crippen LogP contribution in [0.4, 0.5) is 4.79 Å². The van der Waals surface area contributed by atoms with Gasteiger partial charge in [0, 0.05) is 0 Å². The number of hydrogen-bond donors (Lipinski definition) is 2. The zero-order valence-corrected chi connectivity index (χ0v) is 20.3. The van der Waals surface area contributed by atoms with Gasteiger partial charge >= 0.3 is 12.0 Å². The molecule has 0 spiro atoms. The number of hydrogen-bond acceptors (Lipinski definition) is 7. The largest absolute Gasteiger partial charge is 0.479 e. The molecular weight excluding hydrogens is 414 g/mol. The number of primary amides is 1. The average Bonchev–Trinajstić information content (AvgIpc) is 2.65. The molecule has 3 N–H and O–H groups in total. The van der Waals surface area contributed by atoms with E-state index in [1.165, 1.54) is 13.8 Å². The van der Waals surface area contributed by atoms with E-state index >= 15 is 0 Å². The maximum absolute atomic E-state index is 13.2. The van der Waals surface area contributed by atoms with Crippen molar-refractivity contribution in [2.75, 3.05) is 6.61 Å². The Kier molecular flexibility index (Phi) is 10.8. The van der Waals surface area contributed by atoms with E-state index in [0.29, 0.717) is 11.8 Å². The van der Waals surface area contributed by atoms with Gasteiger partial charge in [0.05, 0.1) is 12.5 Å². The number of urea groups is 1. The van der Waals surface area contributed by atoms with E-state index in [9.17, 15) is 19.2 Å². The molecule has 1 aliphatic carbocycles. The molecule has 1 saturated carbocycles. The monoisotopic (exact) mass is 453 g/mol. The molecule has 9 nitrogen and oxygen atoms in total. The van der Waals surface area contributed by atoms with Crippen molar-refractivity contribution in [1.82, 2.24) is 5.43 Å². The Labute approximate surface area is 190 Å². The third-order valence-electron chi connectivity index (χ3n) is 6.24. The highest BCUT2D eigenvalue weighted by Crippen LogP contribution is 2.36. The molecule has 1 fully saturated rings. The summed E-state index contributed by atoms with van der Waals surface area (Å²) in [6.07, 6.45) is 2.52. The van der Waals surface area contributed by atoms with Crippen LogP contribution < -0.4 is 11.2 Å². The first-order valence-electron chi connectivity index (χ1n) is 11.4. The maximum Gasteiger partial charge on any atom is 0.332 e. The van der Waals surface area contributed by atoms with Gasteiger partial charge in [0.1, 0.15) is 23.6 Å². The van der Waals surface area contributed by atoms with E-state index in [1.54, 1.807) is 13.8 Å². The summed E-state index contributed by atoms with van der Waals surface area (Å²) in [6, 6.07) is -0.925. The normalized spacial score (nSPS) is 24.2. The first kappa shape index (κ1) is 27.6. The second-order valence-electron chi connectivity index (χ2n) is 9.20. The van der Waals surface area contributed by atoms with Crippen molar-refractivity contribution in [3.05, 3.63) is 0 Å². The molecule has 0 bridgehead atoms. The summed E-state index contributed by atoms with van der Waals surface area (Å²) in [5.41, 5.74) is 7.13. The minimum atomic E-state index is -1.17. The lowest BCUT2D eigenvalue weighted by molar-refractivity contribution is -0.165. The van der Waals surface area contributed by atoms with Crippen molar-refractivity contribution >= 4 is 29.5 Å². The number of rotatable bonds is 10. The highest BCUT2D eigenvalue weighted by Gasteiger charge is 2.43. The summed E-state index contributed by atoms with van der Waals surface area (Å²) in [6.45, 7) is 12.4. The van der Waals surface area contributed by atoms with Gasteiger partial charge in [-0.15, -0.1) is 5.10 Å². The van der Waals surface area contributed by atoms with Crippen molar-refractivity contribution in [2.45, 2.75) is 73.8 Å². The van der Waals surface area contributed by atoms with Gasteiger partial charge in [-0.3, -0.25) is 14.4 Å². The Balaban J connectivity index is 3.21. The molecule has 0 aromatic carbocycles. The molecule has 1 aliphatic rings. The number of carbonyl (C=O) groups is 4. The molecule has 32 heavy (non-hydrogen) atoms. The van der Waals surface area contributed by atoms with E-state index in [4.69, 9.17) is 15.2 Å². The average molecular weight is 454 g/mol. The number of nitrogens with one attached hydrogen (secondary N) is 1. The standard InChI is InChI=1S/C23H39N3O6/c1-8-31-21(25-26-23(24)30)19(15(6)27)14(5)20(16(7)28)22(29)32-18-11-13(4)9-10-17(18)12(2)3/h12-14,17-20H,8-11H2,1-7H3,(H3,24,26,30)/b25-21+/t13-,14+,17-,18-,19+,20-/m1/s1. The van der Waals surface area contributed by atoms with Crippen molar-refractivity contribution in [3.8, 4) is 0 Å². The van der Waals surface area contributed by atoms with Crippen LogP contribution in [0.5, 0.6) is 0 Å². The van der Waals surface area contributed by atoms with Crippen molar-refractivity contribution in [2.24, 2.45) is 46.3 Å². The van der Waals surface area contributed by atoms with Crippen molar-refractivity contribution < 1.29 is 28.7 Å². The van der Waals surface area contributed by atoms with Crippen LogP contribution >= 0.6 is 0 Å². The number of amides is 2. The van der Waals surface area contributed by atoms with E-state index in [-0.39, 0.29) is 30.3 Å². The van der Waals surface area contributed by atoms with Crippen LogP contribution in [-0.4, -0.2) is 42.2 Å². The maximum atomic E-state index is 13.2. The number of carbonyl (C=O) groups excluding carboxylic acids is 4. The Morgan fingerprint density at radius 2 is 1.66 bits per heavy atom. The fraction of sp³-hybridized carbons (Fsp3) is 0.783. The highest BCUT2D eigenvalue weighted by atomic mass is 16.5. The smallest absolute Gasteiger partial charge is 0.332 e. The second kappa shape index (κ2) is 12.6. The molecule has 6 atom stereocenters. The molecule has 0 saturated heterocycles. The van der Waals surface area contributed by atoms with Gasteiger partial charge in [-0.1, -0.05) is 34.1 Å². The molecule has 9 heteroatoms. The van der Waals surface area contributed by atoms with Gasteiger partial charge < -0.3 is 15.2 Å². The summed E-state index contributed by atoms with van der Waals surface area (Å²) < 4.78 is 11.4. The number of hydrazone groups is 1. The van der Waals surface area contributed by atoms with Crippen LogP contribution in [0.3, 0.4) is 0 Å². The second-order valence-corrected chi connectivity index (χ2v) is 9.20. The number of Topliss-reactive ketones (excluding diaryl/α,β-unsaturated/α-hetero) is 2. The molecule has 0 heterocycles. The lowest BCUT2D eigenvalue weighted by atomic mass is 9.75. The van der Waals surface area contributed by atoms with Crippen LogP contribution in [-0.2, 0) is 23.9 Å². The lowest BCUT2D eigenvalue weighted by Gasteiger charge is -2.38.